The lowest BCUT2D eigenvalue weighted by Gasteiger charge is -2.10. The first-order valence-corrected chi connectivity index (χ1v) is 6.25. The number of benzene rings is 1. The first kappa shape index (κ1) is 13.8. The zero-order chi connectivity index (χ0) is 14.4. The fourth-order valence-electron chi connectivity index (χ4n) is 1.71. The minimum atomic E-state index is -0.411. The van der Waals surface area contributed by atoms with E-state index in [1.165, 1.54) is 12.1 Å². The molecule has 20 heavy (non-hydrogen) atoms. The summed E-state index contributed by atoms with van der Waals surface area (Å²) in [6.07, 6.45) is 1.67. The van der Waals surface area contributed by atoms with Crippen LogP contribution in [0.5, 0.6) is 5.88 Å². The Morgan fingerprint density at radius 3 is 2.70 bits per heavy atom. The lowest BCUT2D eigenvalue weighted by molar-refractivity contribution is -0.384. The predicted octanol–water partition coefficient (Wildman–Crippen LogP) is 3.00. The first-order chi connectivity index (χ1) is 9.70. The molecular formula is C14H15N3O3. The van der Waals surface area contributed by atoms with Crippen LogP contribution >= 0.6 is 0 Å². The van der Waals surface area contributed by atoms with Crippen molar-refractivity contribution in [3.63, 3.8) is 0 Å². The Hall–Kier alpha value is -2.63. The molecule has 1 heterocycles. The average molecular weight is 273 g/mol. The van der Waals surface area contributed by atoms with E-state index in [9.17, 15) is 10.1 Å². The smallest absolute Gasteiger partial charge is 0.269 e. The van der Waals surface area contributed by atoms with Crippen molar-refractivity contribution >= 4 is 11.4 Å². The molecule has 1 aromatic carbocycles. The summed E-state index contributed by atoms with van der Waals surface area (Å²) < 4.78 is 5.41. The minimum absolute atomic E-state index is 0.0881. The quantitative estimate of drug-likeness (QED) is 0.646. The Bertz CT molecular complexity index is 584. The summed E-state index contributed by atoms with van der Waals surface area (Å²) in [7, 11) is 0. The summed E-state index contributed by atoms with van der Waals surface area (Å²) >= 11 is 0. The maximum absolute atomic E-state index is 10.6. The van der Waals surface area contributed by atoms with Crippen molar-refractivity contribution < 1.29 is 9.66 Å². The number of nitrogens with zero attached hydrogens (tertiary/aromatic N) is 2. The largest absolute Gasteiger partial charge is 0.476 e. The third kappa shape index (κ3) is 3.44. The highest BCUT2D eigenvalue weighted by Gasteiger charge is 2.06. The molecule has 0 radical (unpaired) electrons. The van der Waals surface area contributed by atoms with Gasteiger partial charge in [-0.25, -0.2) is 4.98 Å². The average Bonchev–Trinajstić information content (AvgIpc) is 2.47. The van der Waals surface area contributed by atoms with Gasteiger partial charge in [0.25, 0.3) is 5.69 Å². The van der Waals surface area contributed by atoms with Crippen LogP contribution in [0.1, 0.15) is 12.5 Å². The molecule has 2 aromatic rings. The molecule has 1 N–H and O–H groups in total. The topological polar surface area (TPSA) is 77.3 Å². The van der Waals surface area contributed by atoms with Crippen LogP contribution in [0.25, 0.3) is 0 Å². The number of pyridine rings is 1. The SMILES string of the molecule is CCOc1ncccc1NCc1ccc([N+](=O)[O-])cc1. The normalized spacial score (nSPS) is 10.1. The third-order valence-corrected chi connectivity index (χ3v) is 2.68. The van der Waals surface area contributed by atoms with Crippen LogP contribution in [0.15, 0.2) is 42.6 Å². The molecule has 0 saturated carbocycles. The van der Waals surface area contributed by atoms with E-state index >= 15 is 0 Å². The molecule has 0 aliphatic carbocycles. The number of hydrogen-bond donors (Lipinski definition) is 1. The molecule has 0 unspecified atom stereocenters. The zero-order valence-corrected chi connectivity index (χ0v) is 11.1. The predicted molar refractivity (Wildman–Crippen MR) is 75.8 cm³/mol. The van der Waals surface area contributed by atoms with Gasteiger partial charge in [0.2, 0.25) is 5.88 Å². The van der Waals surface area contributed by atoms with Gasteiger partial charge in [-0.1, -0.05) is 12.1 Å². The lowest BCUT2D eigenvalue weighted by Crippen LogP contribution is -2.04. The summed E-state index contributed by atoms with van der Waals surface area (Å²) in [6.45, 7) is 2.99. The van der Waals surface area contributed by atoms with Crippen LogP contribution in [0.2, 0.25) is 0 Å². The number of nitrogens with one attached hydrogen (secondary N) is 1. The van der Waals surface area contributed by atoms with Crippen LogP contribution in [0.3, 0.4) is 0 Å². The number of anilines is 1. The summed E-state index contributed by atoms with van der Waals surface area (Å²) in [5.41, 5.74) is 1.83. The van der Waals surface area contributed by atoms with E-state index in [1.807, 2.05) is 19.1 Å². The van der Waals surface area contributed by atoms with Crippen LogP contribution < -0.4 is 10.1 Å². The maximum Gasteiger partial charge on any atom is 0.269 e. The van der Waals surface area contributed by atoms with Gasteiger partial charge in [-0.3, -0.25) is 10.1 Å². The van der Waals surface area contributed by atoms with Crippen LogP contribution in [-0.2, 0) is 6.54 Å². The molecule has 0 aliphatic heterocycles. The fourth-order valence-corrected chi connectivity index (χ4v) is 1.71. The van der Waals surface area contributed by atoms with Gasteiger partial charge in [0, 0.05) is 24.9 Å². The fraction of sp³-hybridized carbons (Fsp3) is 0.214. The standard InChI is InChI=1S/C14H15N3O3/c1-2-20-14-13(4-3-9-15-14)16-10-11-5-7-12(8-6-11)17(18)19/h3-9,16H,2,10H2,1H3. The number of hydrogen-bond acceptors (Lipinski definition) is 5. The van der Waals surface area contributed by atoms with E-state index in [-0.39, 0.29) is 5.69 Å². The highest BCUT2D eigenvalue weighted by molar-refractivity contribution is 5.52. The van der Waals surface area contributed by atoms with E-state index in [1.54, 1.807) is 18.3 Å². The van der Waals surface area contributed by atoms with Crippen molar-refractivity contribution in [3.05, 3.63) is 58.3 Å². The van der Waals surface area contributed by atoms with Crippen molar-refractivity contribution in [2.75, 3.05) is 11.9 Å². The Morgan fingerprint density at radius 1 is 1.30 bits per heavy atom. The number of nitro groups is 1. The van der Waals surface area contributed by atoms with Gasteiger partial charge in [-0.05, 0) is 24.6 Å². The second kappa shape index (κ2) is 6.51. The molecule has 1 aromatic heterocycles. The molecule has 0 aliphatic rings. The van der Waals surface area contributed by atoms with Crippen molar-refractivity contribution in [1.82, 2.24) is 4.98 Å². The number of nitro benzene ring substituents is 1. The Kier molecular flexibility index (Phi) is 4.49. The van der Waals surface area contributed by atoms with Crippen molar-refractivity contribution in [1.29, 1.82) is 0 Å². The molecule has 2 rings (SSSR count). The van der Waals surface area contributed by atoms with Gasteiger partial charge in [-0.15, -0.1) is 0 Å². The summed E-state index contributed by atoms with van der Waals surface area (Å²) in [6, 6.07) is 10.1. The van der Waals surface area contributed by atoms with Crippen LogP contribution in [0.4, 0.5) is 11.4 Å². The third-order valence-electron chi connectivity index (χ3n) is 2.68. The number of ether oxygens (including phenoxy) is 1. The van der Waals surface area contributed by atoms with Gasteiger partial charge in [0.05, 0.1) is 17.2 Å². The molecule has 0 spiro atoms. The van der Waals surface area contributed by atoms with E-state index in [2.05, 4.69) is 10.3 Å². The summed E-state index contributed by atoms with van der Waals surface area (Å²) in [5.74, 6) is 0.553. The number of non-ortho nitro benzene ring substituents is 1. The number of rotatable bonds is 6. The lowest BCUT2D eigenvalue weighted by atomic mass is 10.2. The van der Waals surface area contributed by atoms with Crippen LogP contribution in [0, 0.1) is 10.1 Å². The van der Waals surface area contributed by atoms with E-state index < -0.39 is 4.92 Å². The molecular weight excluding hydrogens is 258 g/mol. The zero-order valence-electron chi connectivity index (χ0n) is 11.1. The van der Waals surface area contributed by atoms with E-state index in [0.29, 0.717) is 19.0 Å². The highest BCUT2D eigenvalue weighted by atomic mass is 16.6. The van der Waals surface area contributed by atoms with E-state index in [0.717, 1.165) is 11.3 Å². The molecule has 0 fully saturated rings. The summed E-state index contributed by atoms with van der Waals surface area (Å²) in [4.78, 5) is 14.3. The van der Waals surface area contributed by atoms with Gasteiger partial charge >= 0.3 is 0 Å². The Labute approximate surface area is 116 Å². The van der Waals surface area contributed by atoms with Crippen molar-refractivity contribution in [3.8, 4) is 5.88 Å². The molecule has 0 atom stereocenters. The number of aromatic nitrogens is 1. The van der Waals surface area contributed by atoms with Gasteiger partial charge < -0.3 is 10.1 Å². The maximum atomic E-state index is 10.6. The van der Waals surface area contributed by atoms with Gasteiger partial charge in [-0.2, -0.15) is 0 Å². The monoisotopic (exact) mass is 273 g/mol. The molecule has 104 valence electrons. The molecule has 0 bridgehead atoms. The Balaban J connectivity index is 2.03. The summed E-state index contributed by atoms with van der Waals surface area (Å²) in [5, 5.41) is 13.8. The van der Waals surface area contributed by atoms with Crippen molar-refractivity contribution in [2.45, 2.75) is 13.5 Å². The molecule has 6 heteroatoms. The first-order valence-electron chi connectivity index (χ1n) is 6.25. The van der Waals surface area contributed by atoms with Crippen molar-refractivity contribution in [2.24, 2.45) is 0 Å². The molecule has 0 saturated heterocycles. The van der Waals surface area contributed by atoms with Gasteiger partial charge in [0.1, 0.15) is 0 Å². The second-order valence-electron chi connectivity index (χ2n) is 4.07. The van der Waals surface area contributed by atoms with Gasteiger partial charge in [0.15, 0.2) is 0 Å². The molecule has 6 nitrogen and oxygen atoms in total. The van der Waals surface area contributed by atoms with E-state index in [4.69, 9.17) is 4.74 Å². The van der Waals surface area contributed by atoms with Crippen LogP contribution in [-0.4, -0.2) is 16.5 Å². The highest BCUT2D eigenvalue weighted by Crippen LogP contribution is 2.21. The second-order valence-corrected chi connectivity index (χ2v) is 4.07. The minimum Gasteiger partial charge on any atom is -0.476 e. The Morgan fingerprint density at radius 2 is 2.05 bits per heavy atom. The molecule has 0 amide bonds.